The molecule has 7 heteroatoms. The molecule has 3 aromatic rings. The average Bonchev–Trinajstić information content (AvgIpc) is 2.91. The van der Waals surface area contributed by atoms with Gasteiger partial charge in [-0.25, -0.2) is 9.67 Å². The molecule has 0 unspecified atom stereocenters. The van der Waals surface area contributed by atoms with Crippen molar-refractivity contribution in [3.63, 3.8) is 0 Å². The van der Waals surface area contributed by atoms with Crippen molar-refractivity contribution in [1.29, 1.82) is 0 Å². The number of halogens is 1. The number of rotatable bonds is 4. The van der Waals surface area contributed by atoms with Crippen molar-refractivity contribution in [2.24, 2.45) is 0 Å². The summed E-state index contributed by atoms with van der Waals surface area (Å²) in [5, 5.41) is 10.6. The average molecular weight is 359 g/mol. The molecule has 0 fully saturated rings. The second-order valence-corrected chi connectivity index (χ2v) is 5.51. The third-order valence-electron chi connectivity index (χ3n) is 3.24. The zero-order valence-electron chi connectivity index (χ0n) is 12.2. The first-order valence-electron chi connectivity index (χ1n) is 6.76. The van der Waals surface area contributed by atoms with E-state index < -0.39 is 0 Å². The minimum atomic E-state index is 0.517. The lowest BCUT2D eigenvalue weighted by molar-refractivity contribution is 0.847. The van der Waals surface area contributed by atoms with Gasteiger partial charge in [0.1, 0.15) is 5.82 Å². The Labute approximate surface area is 136 Å². The highest BCUT2D eigenvalue weighted by Crippen LogP contribution is 2.24. The van der Waals surface area contributed by atoms with Crippen LogP contribution in [0, 0.1) is 6.92 Å². The molecule has 6 nitrogen and oxygen atoms in total. The summed E-state index contributed by atoms with van der Waals surface area (Å²) in [6.45, 7) is 2.00. The van der Waals surface area contributed by atoms with Crippen molar-refractivity contribution in [3.8, 4) is 5.69 Å². The third-order valence-corrected chi connectivity index (χ3v) is 3.82. The molecule has 0 spiro atoms. The normalized spacial score (nSPS) is 10.5. The van der Waals surface area contributed by atoms with Gasteiger partial charge in [-0.15, -0.1) is 0 Å². The molecule has 0 radical (unpaired) electrons. The van der Waals surface area contributed by atoms with Crippen molar-refractivity contribution < 1.29 is 0 Å². The molecule has 1 aromatic carbocycles. The molecule has 112 valence electrons. The molecular formula is C15H15BrN6. The van der Waals surface area contributed by atoms with E-state index in [4.69, 9.17) is 0 Å². The van der Waals surface area contributed by atoms with Crippen molar-refractivity contribution in [3.05, 3.63) is 52.9 Å². The zero-order chi connectivity index (χ0) is 15.5. The van der Waals surface area contributed by atoms with Gasteiger partial charge in [0.2, 0.25) is 5.95 Å². The summed E-state index contributed by atoms with van der Waals surface area (Å²) in [6, 6.07) is 9.98. The second kappa shape index (κ2) is 6.15. The van der Waals surface area contributed by atoms with Gasteiger partial charge in [-0.2, -0.15) is 10.1 Å². The second-order valence-electron chi connectivity index (χ2n) is 4.66. The number of aromatic nitrogens is 4. The molecule has 0 saturated heterocycles. The smallest absolute Gasteiger partial charge is 0.229 e. The molecule has 0 bridgehead atoms. The van der Waals surface area contributed by atoms with Gasteiger partial charge in [0.25, 0.3) is 0 Å². The summed E-state index contributed by atoms with van der Waals surface area (Å²) in [7, 11) is 1.82. The van der Waals surface area contributed by atoms with E-state index in [1.807, 2.05) is 49.0 Å². The maximum absolute atomic E-state index is 4.42. The van der Waals surface area contributed by atoms with E-state index in [2.05, 4.69) is 41.6 Å². The first-order valence-corrected chi connectivity index (χ1v) is 7.55. The zero-order valence-corrected chi connectivity index (χ0v) is 13.8. The highest BCUT2D eigenvalue weighted by atomic mass is 79.9. The van der Waals surface area contributed by atoms with E-state index >= 15 is 0 Å². The van der Waals surface area contributed by atoms with Gasteiger partial charge in [-0.1, -0.05) is 18.2 Å². The van der Waals surface area contributed by atoms with Crippen LogP contribution in [-0.4, -0.2) is 26.8 Å². The molecule has 22 heavy (non-hydrogen) atoms. The van der Waals surface area contributed by atoms with Crippen LogP contribution in [0.1, 0.15) is 5.69 Å². The van der Waals surface area contributed by atoms with Gasteiger partial charge in [-0.05, 0) is 35.0 Å². The van der Waals surface area contributed by atoms with Crippen molar-refractivity contribution in [2.75, 3.05) is 17.7 Å². The van der Waals surface area contributed by atoms with Crippen molar-refractivity contribution >= 4 is 33.4 Å². The lowest BCUT2D eigenvalue weighted by atomic mass is 10.3. The number of hydrogen-bond donors (Lipinski definition) is 2. The Balaban J connectivity index is 1.90. The van der Waals surface area contributed by atoms with Gasteiger partial charge < -0.3 is 10.6 Å². The number of para-hydroxylation sites is 1. The molecule has 2 aromatic heterocycles. The Kier molecular flexibility index (Phi) is 4.06. The maximum atomic E-state index is 4.42. The predicted molar refractivity (Wildman–Crippen MR) is 90.9 cm³/mol. The largest absolute Gasteiger partial charge is 0.372 e. The quantitative estimate of drug-likeness (QED) is 0.746. The summed E-state index contributed by atoms with van der Waals surface area (Å²) in [5.41, 5.74) is 2.87. The lowest BCUT2D eigenvalue weighted by Crippen LogP contribution is -2.03. The fourth-order valence-electron chi connectivity index (χ4n) is 2.08. The fourth-order valence-corrected chi connectivity index (χ4v) is 2.47. The molecule has 0 amide bonds. The van der Waals surface area contributed by atoms with Crippen LogP contribution in [0.25, 0.3) is 5.69 Å². The minimum absolute atomic E-state index is 0.517. The summed E-state index contributed by atoms with van der Waals surface area (Å²) in [6.07, 6.45) is 3.48. The Morgan fingerprint density at radius 1 is 1.14 bits per heavy atom. The molecule has 2 heterocycles. The number of nitrogens with zero attached hydrogens (tertiary/aromatic N) is 4. The van der Waals surface area contributed by atoms with Gasteiger partial charge in [0.15, 0.2) is 0 Å². The minimum Gasteiger partial charge on any atom is -0.372 e. The van der Waals surface area contributed by atoms with Crippen LogP contribution in [0.2, 0.25) is 0 Å². The standard InChI is InChI=1S/C15H15BrN6/c1-10-13(9-19-22(10)11-6-4-3-5-7-11)20-15-18-8-12(16)14(17-2)21-15/h3-9H,1-2H3,(H2,17,18,20,21). The Morgan fingerprint density at radius 3 is 2.64 bits per heavy atom. The first kappa shape index (κ1) is 14.5. The van der Waals surface area contributed by atoms with E-state index in [1.165, 1.54) is 0 Å². The van der Waals surface area contributed by atoms with Gasteiger partial charge in [0, 0.05) is 13.2 Å². The summed E-state index contributed by atoms with van der Waals surface area (Å²) < 4.78 is 2.69. The Bertz CT molecular complexity index is 784. The van der Waals surface area contributed by atoms with E-state index in [0.29, 0.717) is 5.95 Å². The monoisotopic (exact) mass is 358 g/mol. The fraction of sp³-hybridized carbons (Fsp3) is 0.133. The van der Waals surface area contributed by atoms with E-state index in [-0.39, 0.29) is 0 Å². The molecule has 3 rings (SSSR count). The summed E-state index contributed by atoms with van der Waals surface area (Å²) in [4.78, 5) is 8.65. The highest BCUT2D eigenvalue weighted by Gasteiger charge is 2.10. The summed E-state index contributed by atoms with van der Waals surface area (Å²) >= 11 is 3.39. The van der Waals surface area contributed by atoms with Crippen LogP contribution < -0.4 is 10.6 Å². The van der Waals surface area contributed by atoms with Crippen LogP contribution in [-0.2, 0) is 0 Å². The van der Waals surface area contributed by atoms with Crippen molar-refractivity contribution in [2.45, 2.75) is 6.92 Å². The number of nitrogens with one attached hydrogen (secondary N) is 2. The van der Waals surface area contributed by atoms with Crippen LogP contribution in [0.3, 0.4) is 0 Å². The molecule has 0 aliphatic rings. The number of anilines is 3. The SMILES string of the molecule is CNc1nc(Nc2cnn(-c3ccccc3)c2C)ncc1Br. The molecule has 0 aliphatic heterocycles. The van der Waals surface area contributed by atoms with E-state index in [1.54, 1.807) is 12.4 Å². The molecule has 0 atom stereocenters. The molecule has 0 aliphatic carbocycles. The first-order chi connectivity index (χ1) is 10.7. The summed E-state index contributed by atoms with van der Waals surface area (Å²) in [5.74, 6) is 1.24. The molecular weight excluding hydrogens is 344 g/mol. The number of hydrogen-bond acceptors (Lipinski definition) is 5. The van der Waals surface area contributed by atoms with Crippen LogP contribution in [0.15, 0.2) is 47.2 Å². The van der Waals surface area contributed by atoms with Gasteiger partial charge >= 0.3 is 0 Å². The molecule has 0 saturated carbocycles. The highest BCUT2D eigenvalue weighted by molar-refractivity contribution is 9.10. The van der Waals surface area contributed by atoms with Gasteiger partial charge in [0.05, 0.1) is 27.7 Å². The van der Waals surface area contributed by atoms with E-state index in [9.17, 15) is 0 Å². The van der Waals surface area contributed by atoms with Crippen LogP contribution >= 0.6 is 15.9 Å². The van der Waals surface area contributed by atoms with Crippen LogP contribution in [0.4, 0.5) is 17.5 Å². The topological polar surface area (TPSA) is 67.7 Å². The Hall–Kier alpha value is -2.41. The van der Waals surface area contributed by atoms with Crippen LogP contribution in [0.5, 0.6) is 0 Å². The molecule has 2 N–H and O–H groups in total. The van der Waals surface area contributed by atoms with Gasteiger partial charge in [-0.3, -0.25) is 0 Å². The van der Waals surface area contributed by atoms with Crippen molar-refractivity contribution in [1.82, 2.24) is 19.7 Å². The van der Waals surface area contributed by atoms with E-state index in [0.717, 1.165) is 27.4 Å². The third kappa shape index (κ3) is 2.80. The Morgan fingerprint density at radius 2 is 1.91 bits per heavy atom. The lowest BCUT2D eigenvalue weighted by Gasteiger charge is -2.08. The maximum Gasteiger partial charge on any atom is 0.229 e. The number of benzene rings is 1. The predicted octanol–water partition coefficient (Wildman–Crippen LogP) is 3.52.